The van der Waals surface area contributed by atoms with Crippen molar-refractivity contribution in [2.45, 2.75) is 58.1 Å². The number of carbonyl (C=O) groups is 2. The number of amides is 2. The van der Waals surface area contributed by atoms with Gasteiger partial charge in [-0.3, -0.25) is 4.79 Å². The standard InChI is InChI=1S/C16H29N3O3/c1-16(2,3)22-15(21)18-8-6-12(7-9-18)11-19(13-4-5-13)14(20)10-17/h12-13H,4-11,17H2,1-3H3. The van der Waals surface area contributed by atoms with Crippen LogP contribution in [0.3, 0.4) is 0 Å². The molecule has 0 aromatic heterocycles. The van der Waals surface area contributed by atoms with Gasteiger partial charge in [-0.15, -0.1) is 0 Å². The summed E-state index contributed by atoms with van der Waals surface area (Å²) < 4.78 is 5.40. The van der Waals surface area contributed by atoms with Crippen LogP contribution in [0.2, 0.25) is 0 Å². The third kappa shape index (κ3) is 4.87. The highest BCUT2D eigenvalue weighted by molar-refractivity contribution is 5.78. The highest BCUT2D eigenvalue weighted by Crippen LogP contribution is 2.29. The lowest BCUT2D eigenvalue weighted by atomic mass is 9.96. The Morgan fingerprint density at radius 2 is 1.77 bits per heavy atom. The summed E-state index contributed by atoms with van der Waals surface area (Å²) in [6.45, 7) is 7.91. The molecule has 0 spiro atoms. The number of nitrogens with two attached hydrogens (primary N) is 1. The molecule has 0 aromatic carbocycles. The van der Waals surface area contributed by atoms with Crippen LogP contribution in [0.1, 0.15) is 46.5 Å². The first kappa shape index (κ1) is 17.1. The highest BCUT2D eigenvalue weighted by atomic mass is 16.6. The molecule has 1 saturated carbocycles. The van der Waals surface area contributed by atoms with Crippen molar-refractivity contribution >= 4 is 12.0 Å². The Hall–Kier alpha value is -1.30. The fourth-order valence-corrected chi connectivity index (χ4v) is 2.86. The van der Waals surface area contributed by atoms with Gasteiger partial charge in [-0.05, 0) is 52.4 Å². The van der Waals surface area contributed by atoms with Gasteiger partial charge in [0.1, 0.15) is 5.60 Å². The van der Waals surface area contributed by atoms with Gasteiger partial charge in [0.05, 0.1) is 6.54 Å². The van der Waals surface area contributed by atoms with Gasteiger partial charge in [0.25, 0.3) is 0 Å². The minimum absolute atomic E-state index is 0.0528. The molecule has 0 unspecified atom stereocenters. The van der Waals surface area contributed by atoms with Gasteiger partial charge in [0.2, 0.25) is 5.91 Å². The van der Waals surface area contributed by atoms with E-state index in [4.69, 9.17) is 10.5 Å². The smallest absolute Gasteiger partial charge is 0.410 e. The van der Waals surface area contributed by atoms with E-state index in [1.54, 1.807) is 4.90 Å². The molecule has 2 N–H and O–H groups in total. The van der Waals surface area contributed by atoms with E-state index in [9.17, 15) is 9.59 Å². The fraction of sp³-hybridized carbons (Fsp3) is 0.875. The van der Waals surface area contributed by atoms with Crippen molar-refractivity contribution in [3.63, 3.8) is 0 Å². The molecular weight excluding hydrogens is 282 g/mol. The van der Waals surface area contributed by atoms with Crippen LogP contribution < -0.4 is 5.73 Å². The zero-order valence-corrected chi connectivity index (χ0v) is 14.0. The average molecular weight is 311 g/mol. The lowest BCUT2D eigenvalue weighted by Crippen LogP contribution is -2.46. The summed E-state index contributed by atoms with van der Waals surface area (Å²) >= 11 is 0. The Balaban J connectivity index is 1.79. The maximum absolute atomic E-state index is 12.0. The van der Waals surface area contributed by atoms with Gasteiger partial charge < -0.3 is 20.3 Å². The molecule has 0 atom stereocenters. The number of hydrogen-bond acceptors (Lipinski definition) is 4. The van der Waals surface area contributed by atoms with Crippen LogP contribution >= 0.6 is 0 Å². The van der Waals surface area contributed by atoms with Gasteiger partial charge in [-0.25, -0.2) is 4.79 Å². The number of carbonyl (C=O) groups excluding carboxylic acids is 2. The van der Waals surface area contributed by atoms with Crippen molar-refractivity contribution in [1.29, 1.82) is 0 Å². The zero-order chi connectivity index (χ0) is 16.3. The first-order valence-corrected chi connectivity index (χ1v) is 8.27. The van der Waals surface area contributed by atoms with Gasteiger partial charge in [-0.2, -0.15) is 0 Å². The van der Waals surface area contributed by atoms with Crippen LogP contribution in [-0.4, -0.2) is 59.6 Å². The molecule has 1 aliphatic heterocycles. The first-order chi connectivity index (χ1) is 10.3. The molecule has 2 amide bonds. The van der Waals surface area contributed by atoms with Crippen molar-refractivity contribution in [3.8, 4) is 0 Å². The Morgan fingerprint density at radius 1 is 1.18 bits per heavy atom. The van der Waals surface area contributed by atoms with Gasteiger partial charge in [-0.1, -0.05) is 0 Å². The number of rotatable bonds is 4. The second-order valence-corrected chi connectivity index (χ2v) is 7.39. The van der Waals surface area contributed by atoms with Crippen molar-refractivity contribution in [2.75, 3.05) is 26.2 Å². The van der Waals surface area contributed by atoms with Crippen LogP contribution in [0.15, 0.2) is 0 Å². The number of piperidine rings is 1. The summed E-state index contributed by atoms with van der Waals surface area (Å²) in [5.74, 6) is 0.506. The molecule has 1 aliphatic carbocycles. The zero-order valence-electron chi connectivity index (χ0n) is 14.0. The molecule has 0 bridgehead atoms. The topological polar surface area (TPSA) is 75.9 Å². The van der Waals surface area contributed by atoms with Gasteiger partial charge in [0.15, 0.2) is 0 Å². The summed E-state index contributed by atoms with van der Waals surface area (Å²) in [7, 11) is 0. The molecule has 22 heavy (non-hydrogen) atoms. The largest absolute Gasteiger partial charge is 0.444 e. The summed E-state index contributed by atoms with van der Waals surface area (Å²) in [5, 5.41) is 0. The van der Waals surface area contributed by atoms with E-state index in [1.165, 1.54) is 0 Å². The Labute approximate surface area is 132 Å². The number of likely N-dealkylation sites (tertiary alicyclic amines) is 1. The van der Waals surface area contributed by atoms with Crippen LogP contribution in [0.5, 0.6) is 0 Å². The lowest BCUT2D eigenvalue weighted by Gasteiger charge is -2.35. The van der Waals surface area contributed by atoms with E-state index in [0.717, 1.165) is 32.2 Å². The highest BCUT2D eigenvalue weighted by Gasteiger charge is 2.35. The Kier molecular flexibility index (Phi) is 5.32. The van der Waals surface area contributed by atoms with Crippen molar-refractivity contribution < 1.29 is 14.3 Å². The second kappa shape index (κ2) is 6.86. The molecule has 0 radical (unpaired) electrons. The maximum atomic E-state index is 12.0. The van der Waals surface area contributed by atoms with Gasteiger partial charge in [0, 0.05) is 25.7 Å². The van der Waals surface area contributed by atoms with Crippen molar-refractivity contribution in [2.24, 2.45) is 11.7 Å². The van der Waals surface area contributed by atoms with E-state index in [-0.39, 0.29) is 18.5 Å². The summed E-state index contributed by atoms with van der Waals surface area (Å²) in [5.41, 5.74) is 5.05. The average Bonchev–Trinajstić information content (AvgIpc) is 3.27. The van der Waals surface area contributed by atoms with Gasteiger partial charge >= 0.3 is 6.09 Å². The summed E-state index contributed by atoms with van der Waals surface area (Å²) in [6.07, 6.45) is 3.80. The van der Waals surface area contributed by atoms with Crippen LogP contribution in [0.4, 0.5) is 4.79 Å². The first-order valence-electron chi connectivity index (χ1n) is 8.27. The minimum Gasteiger partial charge on any atom is -0.444 e. The molecule has 126 valence electrons. The number of nitrogens with zero attached hydrogens (tertiary/aromatic N) is 2. The van der Waals surface area contributed by atoms with Crippen molar-refractivity contribution in [1.82, 2.24) is 9.80 Å². The van der Waals surface area contributed by atoms with E-state index in [1.807, 2.05) is 25.7 Å². The molecule has 1 heterocycles. The SMILES string of the molecule is CC(C)(C)OC(=O)N1CCC(CN(C(=O)CN)C2CC2)CC1. The molecule has 0 aromatic rings. The van der Waals surface area contributed by atoms with Crippen molar-refractivity contribution in [3.05, 3.63) is 0 Å². The predicted octanol–water partition coefficient (Wildman–Crippen LogP) is 1.58. The quantitative estimate of drug-likeness (QED) is 0.855. The second-order valence-electron chi connectivity index (χ2n) is 7.39. The predicted molar refractivity (Wildman–Crippen MR) is 84.3 cm³/mol. The minimum atomic E-state index is -0.454. The number of hydrogen-bond donors (Lipinski definition) is 1. The van der Waals surface area contributed by atoms with Crippen LogP contribution in [0.25, 0.3) is 0 Å². The lowest BCUT2D eigenvalue weighted by molar-refractivity contribution is -0.131. The fourth-order valence-electron chi connectivity index (χ4n) is 2.86. The summed E-state index contributed by atoms with van der Waals surface area (Å²) in [6, 6.07) is 0.403. The molecule has 6 nitrogen and oxygen atoms in total. The Morgan fingerprint density at radius 3 is 2.23 bits per heavy atom. The molecule has 2 rings (SSSR count). The number of ether oxygens (including phenoxy) is 1. The molecule has 1 saturated heterocycles. The van der Waals surface area contributed by atoms with Crippen LogP contribution in [-0.2, 0) is 9.53 Å². The monoisotopic (exact) mass is 311 g/mol. The van der Waals surface area contributed by atoms with E-state index in [0.29, 0.717) is 25.0 Å². The van der Waals surface area contributed by atoms with Crippen LogP contribution in [0, 0.1) is 5.92 Å². The maximum Gasteiger partial charge on any atom is 0.410 e. The molecular formula is C16H29N3O3. The summed E-state index contributed by atoms with van der Waals surface area (Å²) in [4.78, 5) is 27.7. The molecule has 2 aliphatic rings. The van der Waals surface area contributed by atoms with E-state index in [2.05, 4.69) is 0 Å². The third-order valence-corrected chi connectivity index (χ3v) is 4.20. The normalized spacial score (nSPS) is 19.9. The third-order valence-electron chi connectivity index (χ3n) is 4.20. The van der Waals surface area contributed by atoms with E-state index >= 15 is 0 Å². The van der Waals surface area contributed by atoms with E-state index < -0.39 is 5.60 Å². The molecule has 6 heteroatoms. The molecule has 2 fully saturated rings. The Bertz CT molecular complexity index is 407.